The number of amides is 1. The standard InChI is InChI=1S/C24H24FN5O3/c1-4-33-23(32)21-16(3)29(13-20(31)28-19-8-6-5-7-15(19)2)24-26-14-27-30(24)22(21)17-9-11-18(25)12-10-17/h5-12,14,22H,4,13H2,1-3H3,(H,28,31)/t22-/m0/s1. The molecule has 1 aromatic heterocycles. The lowest BCUT2D eigenvalue weighted by Crippen LogP contribution is -2.41. The third-order valence-corrected chi connectivity index (χ3v) is 5.51. The summed E-state index contributed by atoms with van der Waals surface area (Å²) in [5.74, 6) is -0.799. The Morgan fingerprint density at radius 2 is 1.85 bits per heavy atom. The van der Waals surface area contributed by atoms with Gasteiger partial charge < -0.3 is 15.0 Å². The van der Waals surface area contributed by atoms with Gasteiger partial charge in [0, 0.05) is 11.4 Å². The molecule has 1 amide bonds. The minimum absolute atomic E-state index is 0.0854. The van der Waals surface area contributed by atoms with Crippen LogP contribution in [0.5, 0.6) is 0 Å². The Balaban J connectivity index is 1.74. The number of para-hydroxylation sites is 1. The molecule has 0 spiro atoms. The summed E-state index contributed by atoms with van der Waals surface area (Å²) in [5.41, 5.74) is 3.11. The number of rotatable bonds is 6. The summed E-state index contributed by atoms with van der Waals surface area (Å²) < 4.78 is 20.4. The molecule has 0 unspecified atom stereocenters. The van der Waals surface area contributed by atoms with Crippen molar-refractivity contribution in [1.82, 2.24) is 14.8 Å². The maximum Gasteiger partial charge on any atom is 0.338 e. The van der Waals surface area contributed by atoms with Gasteiger partial charge in [-0.15, -0.1) is 0 Å². The number of carbonyl (C=O) groups excluding carboxylic acids is 2. The number of aromatic nitrogens is 3. The first-order valence-electron chi connectivity index (χ1n) is 10.6. The van der Waals surface area contributed by atoms with E-state index in [1.807, 2.05) is 31.2 Å². The molecule has 1 atom stereocenters. The molecule has 4 rings (SSSR count). The summed E-state index contributed by atoms with van der Waals surface area (Å²) in [6, 6.07) is 12.6. The van der Waals surface area contributed by atoms with Crippen LogP contribution in [0.2, 0.25) is 0 Å². The zero-order chi connectivity index (χ0) is 23.5. The van der Waals surface area contributed by atoms with E-state index in [4.69, 9.17) is 4.74 Å². The van der Waals surface area contributed by atoms with E-state index in [-0.39, 0.29) is 24.9 Å². The second-order valence-corrected chi connectivity index (χ2v) is 7.63. The van der Waals surface area contributed by atoms with Crippen molar-refractivity contribution in [3.63, 3.8) is 0 Å². The Morgan fingerprint density at radius 3 is 2.55 bits per heavy atom. The van der Waals surface area contributed by atoms with E-state index in [0.717, 1.165) is 5.56 Å². The SMILES string of the molecule is CCOC(=O)C1=C(C)N(CC(=O)Nc2ccccc2C)c2ncnn2[C@H]1c1ccc(F)cc1. The second-order valence-electron chi connectivity index (χ2n) is 7.63. The Hall–Kier alpha value is -4.01. The van der Waals surface area contributed by atoms with E-state index in [0.29, 0.717) is 28.5 Å². The molecule has 2 heterocycles. The quantitative estimate of drug-likeness (QED) is 0.579. The molecule has 1 aliphatic heterocycles. The monoisotopic (exact) mass is 449 g/mol. The number of nitrogens with one attached hydrogen (secondary N) is 1. The average molecular weight is 449 g/mol. The number of hydrogen-bond acceptors (Lipinski definition) is 6. The molecule has 0 radical (unpaired) electrons. The molecule has 1 N–H and O–H groups in total. The highest BCUT2D eigenvalue weighted by Gasteiger charge is 2.38. The number of esters is 1. The van der Waals surface area contributed by atoms with E-state index in [1.54, 1.807) is 35.6 Å². The van der Waals surface area contributed by atoms with E-state index < -0.39 is 12.0 Å². The number of aryl methyl sites for hydroxylation is 1. The zero-order valence-corrected chi connectivity index (χ0v) is 18.6. The Labute approximate surface area is 190 Å². The molecule has 33 heavy (non-hydrogen) atoms. The molecule has 0 bridgehead atoms. The van der Waals surface area contributed by atoms with E-state index in [2.05, 4.69) is 15.4 Å². The Kier molecular flexibility index (Phi) is 6.21. The number of ether oxygens (including phenoxy) is 1. The van der Waals surface area contributed by atoms with E-state index >= 15 is 0 Å². The first kappa shape index (κ1) is 22.2. The molecule has 0 fully saturated rings. The second kappa shape index (κ2) is 9.23. The Bertz CT molecular complexity index is 1220. The minimum Gasteiger partial charge on any atom is -0.463 e. The van der Waals surface area contributed by atoms with Crippen LogP contribution in [0.15, 0.2) is 66.1 Å². The topological polar surface area (TPSA) is 89.3 Å². The lowest BCUT2D eigenvalue weighted by atomic mass is 9.95. The van der Waals surface area contributed by atoms with Crippen LogP contribution < -0.4 is 10.2 Å². The van der Waals surface area contributed by atoms with Gasteiger partial charge >= 0.3 is 5.97 Å². The molecule has 3 aromatic rings. The predicted octanol–water partition coefficient (Wildman–Crippen LogP) is 3.61. The molecule has 9 heteroatoms. The molecule has 0 saturated heterocycles. The fraction of sp³-hybridized carbons (Fsp3) is 0.250. The summed E-state index contributed by atoms with van der Waals surface area (Å²) in [6.45, 7) is 5.46. The number of hydrogen-bond donors (Lipinski definition) is 1. The van der Waals surface area contributed by atoms with Crippen LogP contribution in [0, 0.1) is 12.7 Å². The maximum atomic E-state index is 13.6. The molecule has 170 valence electrons. The largest absolute Gasteiger partial charge is 0.463 e. The predicted molar refractivity (Wildman–Crippen MR) is 121 cm³/mol. The van der Waals surface area contributed by atoms with Crippen molar-refractivity contribution in [2.24, 2.45) is 0 Å². The van der Waals surface area contributed by atoms with Crippen LogP contribution in [-0.4, -0.2) is 39.8 Å². The lowest BCUT2D eigenvalue weighted by Gasteiger charge is -2.35. The van der Waals surface area contributed by atoms with Crippen molar-refractivity contribution in [1.29, 1.82) is 0 Å². The number of fused-ring (bicyclic) bond motifs is 1. The van der Waals surface area contributed by atoms with Gasteiger partial charge in [0.1, 0.15) is 24.7 Å². The number of allylic oxidation sites excluding steroid dienone is 1. The fourth-order valence-corrected chi connectivity index (χ4v) is 3.89. The van der Waals surface area contributed by atoms with Crippen LogP contribution in [0.3, 0.4) is 0 Å². The van der Waals surface area contributed by atoms with Crippen LogP contribution in [0.4, 0.5) is 16.0 Å². The summed E-state index contributed by atoms with van der Waals surface area (Å²) in [5, 5.41) is 7.22. The van der Waals surface area contributed by atoms with Crippen LogP contribution >= 0.6 is 0 Å². The molecule has 8 nitrogen and oxygen atoms in total. The van der Waals surface area contributed by atoms with Crippen LogP contribution in [0.1, 0.15) is 31.0 Å². The van der Waals surface area contributed by atoms with Gasteiger partial charge in [0.15, 0.2) is 0 Å². The summed E-state index contributed by atoms with van der Waals surface area (Å²) in [4.78, 5) is 31.9. The zero-order valence-electron chi connectivity index (χ0n) is 18.6. The number of halogens is 1. The highest BCUT2D eigenvalue weighted by Crippen LogP contribution is 2.38. The van der Waals surface area contributed by atoms with Gasteiger partial charge in [0.25, 0.3) is 0 Å². The number of nitrogens with zero attached hydrogens (tertiary/aromatic N) is 4. The normalized spacial score (nSPS) is 15.3. The Morgan fingerprint density at radius 1 is 1.12 bits per heavy atom. The third-order valence-electron chi connectivity index (χ3n) is 5.51. The third kappa shape index (κ3) is 4.34. The molecular formula is C24H24FN5O3. The van der Waals surface area contributed by atoms with Crippen molar-refractivity contribution < 1.29 is 18.7 Å². The van der Waals surface area contributed by atoms with E-state index in [1.165, 1.54) is 18.5 Å². The van der Waals surface area contributed by atoms with Crippen molar-refractivity contribution in [3.8, 4) is 0 Å². The van der Waals surface area contributed by atoms with Crippen molar-refractivity contribution in [3.05, 3.63) is 83.1 Å². The highest BCUT2D eigenvalue weighted by molar-refractivity contribution is 5.97. The molecule has 0 aliphatic carbocycles. The summed E-state index contributed by atoms with van der Waals surface area (Å²) in [6.07, 6.45) is 1.36. The fourth-order valence-electron chi connectivity index (χ4n) is 3.89. The van der Waals surface area contributed by atoms with Gasteiger partial charge in [-0.05, 0) is 50.1 Å². The lowest BCUT2D eigenvalue weighted by molar-refractivity contribution is -0.139. The van der Waals surface area contributed by atoms with Gasteiger partial charge in [0.2, 0.25) is 11.9 Å². The van der Waals surface area contributed by atoms with E-state index in [9.17, 15) is 14.0 Å². The van der Waals surface area contributed by atoms with Crippen molar-refractivity contribution >= 4 is 23.5 Å². The van der Waals surface area contributed by atoms with Gasteiger partial charge in [-0.25, -0.2) is 13.9 Å². The first-order chi connectivity index (χ1) is 15.9. The van der Waals surface area contributed by atoms with Crippen molar-refractivity contribution in [2.75, 3.05) is 23.4 Å². The van der Waals surface area contributed by atoms with Crippen LogP contribution in [-0.2, 0) is 14.3 Å². The van der Waals surface area contributed by atoms with Crippen molar-refractivity contribution in [2.45, 2.75) is 26.8 Å². The van der Waals surface area contributed by atoms with Gasteiger partial charge in [0.05, 0.1) is 12.2 Å². The molecular weight excluding hydrogens is 425 g/mol. The maximum absolute atomic E-state index is 13.6. The smallest absolute Gasteiger partial charge is 0.338 e. The molecule has 2 aromatic carbocycles. The number of benzene rings is 2. The average Bonchev–Trinajstić information content (AvgIpc) is 3.27. The van der Waals surface area contributed by atoms with Gasteiger partial charge in [-0.1, -0.05) is 30.3 Å². The van der Waals surface area contributed by atoms with Crippen LogP contribution in [0.25, 0.3) is 0 Å². The number of carbonyl (C=O) groups is 2. The first-order valence-corrected chi connectivity index (χ1v) is 10.6. The molecule has 1 aliphatic rings. The summed E-state index contributed by atoms with van der Waals surface area (Å²) in [7, 11) is 0. The number of anilines is 2. The minimum atomic E-state index is -0.669. The van der Waals surface area contributed by atoms with Gasteiger partial charge in [-0.3, -0.25) is 4.79 Å². The highest BCUT2D eigenvalue weighted by atomic mass is 19.1. The summed E-state index contributed by atoms with van der Waals surface area (Å²) >= 11 is 0. The molecule has 0 saturated carbocycles. The van der Waals surface area contributed by atoms with Gasteiger partial charge in [-0.2, -0.15) is 10.1 Å².